The van der Waals surface area contributed by atoms with Crippen LogP contribution >= 0.6 is 15.9 Å². The molecule has 36 heavy (non-hydrogen) atoms. The van der Waals surface area contributed by atoms with E-state index in [0.717, 1.165) is 0 Å². The van der Waals surface area contributed by atoms with Gasteiger partial charge in [0.2, 0.25) is 11.9 Å². The van der Waals surface area contributed by atoms with Crippen molar-refractivity contribution in [2.75, 3.05) is 12.4 Å². The number of benzene rings is 1. The van der Waals surface area contributed by atoms with E-state index in [4.69, 9.17) is 0 Å². The van der Waals surface area contributed by atoms with E-state index in [1.807, 2.05) is 0 Å². The van der Waals surface area contributed by atoms with E-state index in [9.17, 15) is 22.4 Å². The number of pyridine rings is 1. The Kier molecular flexibility index (Phi) is 6.05. The van der Waals surface area contributed by atoms with Crippen LogP contribution in [-0.2, 0) is 4.79 Å². The zero-order valence-corrected chi connectivity index (χ0v) is 20.5. The van der Waals surface area contributed by atoms with Gasteiger partial charge in [0, 0.05) is 36.9 Å². The van der Waals surface area contributed by atoms with Crippen LogP contribution in [0.2, 0.25) is 0 Å². The highest BCUT2D eigenvalue weighted by Crippen LogP contribution is 2.47. The molecule has 1 aliphatic rings. The normalized spacial score (nSPS) is 20.2. The van der Waals surface area contributed by atoms with E-state index in [1.54, 1.807) is 18.2 Å². The first kappa shape index (κ1) is 24.3. The fraction of sp³-hybridized carbons (Fsp3) is 0.348. The van der Waals surface area contributed by atoms with Crippen LogP contribution in [0, 0.1) is 11.2 Å². The van der Waals surface area contributed by atoms with E-state index < -0.39 is 35.8 Å². The molecule has 1 aliphatic carbocycles. The second-order valence-corrected chi connectivity index (χ2v) is 9.62. The number of alkyl halides is 3. The maximum atomic E-state index is 14.7. The second-order valence-electron chi connectivity index (χ2n) is 8.87. The minimum Gasteiger partial charge on any atom is -0.359 e. The van der Waals surface area contributed by atoms with E-state index in [1.165, 1.54) is 30.2 Å². The third-order valence-corrected chi connectivity index (χ3v) is 7.04. The molecular weight excluding hydrogens is 546 g/mol. The quantitative estimate of drug-likeness (QED) is 0.333. The topological polar surface area (TPSA) is 97.6 Å². The van der Waals surface area contributed by atoms with E-state index in [-0.39, 0.29) is 24.3 Å². The Bertz CT molecular complexity index is 1470. The van der Waals surface area contributed by atoms with Gasteiger partial charge in [0.1, 0.15) is 10.1 Å². The minimum absolute atomic E-state index is 0.0145. The monoisotopic (exact) mass is 565 g/mol. The smallest absolute Gasteiger partial charge is 0.359 e. The van der Waals surface area contributed by atoms with Crippen molar-refractivity contribution in [1.82, 2.24) is 30.0 Å². The van der Waals surface area contributed by atoms with Gasteiger partial charge in [-0.25, -0.2) is 14.1 Å². The number of carbonyl (C=O) groups is 1. The van der Waals surface area contributed by atoms with Crippen molar-refractivity contribution in [1.29, 1.82) is 0 Å². The summed E-state index contributed by atoms with van der Waals surface area (Å²) in [5, 5.41) is 11.0. The fourth-order valence-electron chi connectivity index (χ4n) is 4.90. The molecule has 2 atom stereocenters. The van der Waals surface area contributed by atoms with Gasteiger partial charge >= 0.3 is 6.18 Å². The van der Waals surface area contributed by atoms with Crippen LogP contribution in [0.25, 0.3) is 27.6 Å². The Morgan fingerprint density at radius 2 is 2.11 bits per heavy atom. The predicted molar refractivity (Wildman–Crippen MR) is 128 cm³/mol. The summed E-state index contributed by atoms with van der Waals surface area (Å²) in [4.78, 5) is 25.2. The van der Waals surface area contributed by atoms with E-state index in [2.05, 4.69) is 46.6 Å². The van der Waals surface area contributed by atoms with Gasteiger partial charge < -0.3 is 10.6 Å². The highest BCUT2D eigenvalue weighted by Gasteiger charge is 2.51. The SMILES string of the molecule is CNC(=O)[C@]1(CC(F)(F)F)CC[C@@H](Nc2ncc3c(Br)nn(-c4cc(F)c5ncccc5c4)c3n2)C1. The highest BCUT2D eigenvalue weighted by atomic mass is 79.9. The lowest BCUT2D eigenvalue weighted by Crippen LogP contribution is -2.41. The molecule has 0 radical (unpaired) electrons. The molecule has 1 saturated carbocycles. The number of halogens is 5. The number of hydrogen-bond acceptors (Lipinski definition) is 6. The summed E-state index contributed by atoms with van der Waals surface area (Å²) in [6, 6.07) is 6.02. The molecule has 8 nitrogen and oxygen atoms in total. The number of anilines is 1. The number of fused-ring (bicyclic) bond motifs is 2. The number of rotatable bonds is 5. The van der Waals surface area contributed by atoms with Gasteiger partial charge in [-0.05, 0) is 47.3 Å². The first-order valence-corrected chi connectivity index (χ1v) is 11.9. The van der Waals surface area contributed by atoms with Gasteiger partial charge in [-0.15, -0.1) is 0 Å². The summed E-state index contributed by atoms with van der Waals surface area (Å²) >= 11 is 3.37. The van der Waals surface area contributed by atoms with Crippen LogP contribution in [0.15, 0.2) is 41.3 Å². The van der Waals surface area contributed by atoms with Crippen molar-refractivity contribution in [2.45, 2.75) is 37.9 Å². The number of aromatic nitrogens is 5. The first-order chi connectivity index (χ1) is 17.1. The van der Waals surface area contributed by atoms with Gasteiger partial charge in [-0.2, -0.15) is 23.3 Å². The third kappa shape index (κ3) is 4.47. The summed E-state index contributed by atoms with van der Waals surface area (Å²) in [5.74, 6) is -0.976. The van der Waals surface area contributed by atoms with Gasteiger partial charge in [-0.1, -0.05) is 6.07 Å². The fourth-order valence-corrected chi connectivity index (χ4v) is 5.34. The molecule has 4 aromatic rings. The number of nitrogens with zero attached hydrogens (tertiary/aromatic N) is 5. The Morgan fingerprint density at radius 1 is 1.31 bits per heavy atom. The van der Waals surface area contributed by atoms with Gasteiger partial charge in [0.25, 0.3) is 0 Å². The summed E-state index contributed by atoms with van der Waals surface area (Å²) in [6.45, 7) is 0. The van der Waals surface area contributed by atoms with E-state index >= 15 is 0 Å². The number of carbonyl (C=O) groups excluding carboxylic acids is 1. The maximum absolute atomic E-state index is 14.7. The summed E-state index contributed by atoms with van der Waals surface area (Å²) < 4.78 is 56.3. The maximum Gasteiger partial charge on any atom is 0.390 e. The first-order valence-electron chi connectivity index (χ1n) is 11.1. The summed E-state index contributed by atoms with van der Waals surface area (Å²) in [7, 11) is 1.34. The van der Waals surface area contributed by atoms with Crippen molar-refractivity contribution in [3.63, 3.8) is 0 Å². The van der Waals surface area contributed by atoms with E-state index in [0.29, 0.717) is 33.1 Å². The molecule has 0 aliphatic heterocycles. The number of nitrogens with one attached hydrogen (secondary N) is 2. The lowest BCUT2D eigenvalue weighted by molar-refractivity contribution is -0.168. The van der Waals surface area contributed by atoms with Crippen molar-refractivity contribution in [3.8, 4) is 5.69 Å². The molecule has 3 heterocycles. The van der Waals surface area contributed by atoms with Gasteiger partial charge in [0.05, 0.1) is 22.9 Å². The molecule has 1 fully saturated rings. The number of amides is 1. The Morgan fingerprint density at radius 3 is 2.86 bits per heavy atom. The van der Waals surface area contributed by atoms with Gasteiger partial charge in [0.15, 0.2) is 11.5 Å². The molecule has 1 aromatic carbocycles. The molecule has 0 unspecified atom stereocenters. The molecule has 0 bridgehead atoms. The van der Waals surface area contributed by atoms with Crippen molar-refractivity contribution < 1.29 is 22.4 Å². The molecule has 3 aromatic heterocycles. The molecule has 188 valence electrons. The summed E-state index contributed by atoms with van der Waals surface area (Å²) in [5.41, 5.74) is -0.532. The van der Waals surface area contributed by atoms with Crippen LogP contribution in [0.4, 0.5) is 23.5 Å². The number of hydrogen-bond donors (Lipinski definition) is 2. The Balaban J connectivity index is 1.47. The predicted octanol–water partition coefficient (Wildman–Crippen LogP) is 4.91. The zero-order chi connectivity index (χ0) is 25.7. The van der Waals surface area contributed by atoms with Crippen LogP contribution < -0.4 is 10.6 Å². The Labute approximate surface area is 210 Å². The summed E-state index contributed by atoms with van der Waals surface area (Å²) in [6.07, 6.45) is -2.23. The molecular formula is C23H20BrF4N7O. The minimum atomic E-state index is -4.47. The zero-order valence-electron chi connectivity index (χ0n) is 18.9. The Hall–Kier alpha value is -3.35. The van der Waals surface area contributed by atoms with Crippen LogP contribution in [0.5, 0.6) is 0 Å². The molecule has 0 saturated heterocycles. The second kappa shape index (κ2) is 8.95. The molecule has 1 amide bonds. The highest BCUT2D eigenvalue weighted by molar-refractivity contribution is 9.10. The lowest BCUT2D eigenvalue weighted by atomic mass is 9.81. The molecule has 13 heteroatoms. The average molecular weight is 566 g/mol. The lowest BCUT2D eigenvalue weighted by Gasteiger charge is -2.28. The van der Waals surface area contributed by atoms with Crippen molar-refractivity contribution >= 4 is 49.7 Å². The third-order valence-electron chi connectivity index (χ3n) is 6.46. The standard InChI is InChI=1S/C23H20BrF4N7O/c1-29-20(36)22(11-23(26,27)28)5-4-13(9-22)32-21-31-10-15-18(24)34-35(19(15)33-21)14-7-12-3-2-6-30-17(12)16(25)8-14/h2-3,6-8,10,13H,4-5,9,11H2,1H3,(H,29,36)(H,31,32,33)/t13-,22-/m1/s1. The molecule has 0 spiro atoms. The van der Waals surface area contributed by atoms with Crippen molar-refractivity contribution in [2.24, 2.45) is 5.41 Å². The molecule has 2 N–H and O–H groups in total. The van der Waals surface area contributed by atoms with Crippen LogP contribution in [0.1, 0.15) is 25.7 Å². The molecule has 5 rings (SSSR count). The van der Waals surface area contributed by atoms with Crippen LogP contribution in [-0.4, -0.2) is 49.9 Å². The van der Waals surface area contributed by atoms with Crippen molar-refractivity contribution in [3.05, 3.63) is 47.1 Å². The van der Waals surface area contributed by atoms with Crippen LogP contribution in [0.3, 0.4) is 0 Å². The average Bonchev–Trinajstić information content (AvgIpc) is 3.38. The van der Waals surface area contributed by atoms with Gasteiger partial charge in [-0.3, -0.25) is 9.78 Å². The largest absolute Gasteiger partial charge is 0.390 e.